The van der Waals surface area contributed by atoms with Crippen LogP contribution in [0.3, 0.4) is 0 Å². The predicted molar refractivity (Wildman–Crippen MR) is 96.8 cm³/mol. The summed E-state index contributed by atoms with van der Waals surface area (Å²) in [6, 6.07) is 16.8. The number of thioether (sulfide) groups is 1. The Balaban J connectivity index is 1.83. The molecule has 4 nitrogen and oxygen atoms in total. The second kappa shape index (κ2) is 9.22. The van der Waals surface area contributed by atoms with Crippen molar-refractivity contribution in [3.05, 3.63) is 60.2 Å². The smallest absolute Gasteiger partial charge is 0.241 e. The van der Waals surface area contributed by atoms with Gasteiger partial charge in [0.1, 0.15) is 12.4 Å². The zero-order valence-electron chi connectivity index (χ0n) is 13.2. The highest BCUT2D eigenvalue weighted by Gasteiger charge is 2.12. The summed E-state index contributed by atoms with van der Waals surface area (Å²) in [6.45, 7) is 0.520. The van der Waals surface area contributed by atoms with Crippen molar-refractivity contribution in [2.75, 3.05) is 17.3 Å². The minimum absolute atomic E-state index is 0.156. The van der Waals surface area contributed by atoms with Crippen molar-refractivity contribution >= 4 is 23.4 Å². The summed E-state index contributed by atoms with van der Waals surface area (Å²) in [5.74, 6) is 1.48. The van der Waals surface area contributed by atoms with E-state index in [4.69, 9.17) is 10.5 Å². The summed E-state index contributed by atoms with van der Waals surface area (Å²) < 4.78 is 5.71. The fourth-order valence-corrected chi connectivity index (χ4v) is 2.48. The average Bonchev–Trinajstić information content (AvgIpc) is 2.60. The maximum absolute atomic E-state index is 11.9. The van der Waals surface area contributed by atoms with Gasteiger partial charge >= 0.3 is 0 Å². The van der Waals surface area contributed by atoms with Crippen molar-refractivity contribution in [2.45, 2.75) is 19.1 Å². The molecule has 2 aromatic carbocycles. The van der Waals surface area contributed by atoms with Crippen molar-refractivity contribution in [2.24, 2.45) is 5.73 Å². The molecule has 5 heteroatoms. The first kappa shape index (κ1) is 17.4. The first-order valence-electron chi connectivity index (χ1n) is 7.51. The molecule has 0 radical (unpaired) electrons. The molecule has 1 atom stereocenters. The molecule has 1 amide bonds. The van der Waals surface area contributed by atoms with E-state index < -0.39 is 6.04 Å². The van der Waals surface area contributed by atoms with Gasteiger partial charge in [-0.2, -0.15) is 11.8 Å². The fraction of sp³-hybridized carbons (Fsp3) is 0.278. The van der Waals surface area contributed by atoms with Crippen LogP contribution in [0.5, 0.6) is 5.75 Å². The van der Waals surface area contributed by atoms with Crippen LogP contribution in [0, 0.1) is 0 Å². The van der Waals surface area contributed by atoms with Gasteiger partial charge in [0.2, 0.25) is 5.91 Å². The molecule has 0 fully saturated rings. The van der Waals surface area contributed by atoms with Gasteiger partial charge in [-0.3, -0.25) is 4.79 Å². The number of carbonyl (C=O) groups is 1. The molecule has 0 spiro atoms. The van der Waals surface area contributed by atoms with E-state index in [-0.39, 0.29) is 5.91 Å². The van der Waals surface area contributed by atoms with Gasteiger partial charge in [-0.05, 0) is 48.3 Å². The summed E-state index contributed by atoms with van der Waals surface area (Å²) in [4.78, 5) is 11.9. The number of hydrogen-bond acceptors (Lipinski definition) is 4. The third-order valence-electron chi connectivity index (χ3n) is 3.34. The monoisotopic (exact) mass is 330 g/mol. The molecule has 0 saturated carbocycles. The van der Waals surface area contributed by atoms with Crippen molar-refractivity contribution < 1.29 is 9.53 Å². The SMILES string of the molecule is CSCC[C@H](N)C(=O)Nc1ccc(OCc2ccccc2)cc1. The molecule has 23 heavy (non-hydrogen) atoms. The van der Waals surface area contributed by atoms with Crippen LogP contribution in [0.2, 0.25) is 0 Å². The molecular formula is C18H22N2O2S. The van der Waals surface area contributed by atoms with Crippen LogP contribution in [-0.2, 0) is 11.4 Å². The lowest BCUT2D eigenvalue weighted by Crippen LogP contribution is -2.36. The van der Waals surface area contributed by atoms with Gasteiger partial charge in [0, 0.05) is 5.69 Å². The third-order valence-corrected chi connectivity index (χ3v) is 3.98. The lowest BCUT2D eigenvalue weighted by atomic mass is 10.2. The highest BCUT2D eigenvalue weighted by atomic mass is 32.2. The Hall–Kier alpha value is -1.98. The molecule has 0 bridgehead atoms. The van der Waals surface area contributed by atoms with Gasteiger partial charge in [-0.25, -0.2) is 0 Å². The lowest BCUT2D eigenvalue weighted by molar-refractivity contribution is -0.117. The molecule has 0 aromatic heterocycles. The molecule has 0 aliphatic rings. The number of anilines is 1. The number of ether oxygens (including phenoxy) is 1. The fourth-order valence-electron chi connectivity index (χ4n) is 1.99. The molecule has 0 aliphatic heterocycles. The number of carbonyl (C=O) groups excluding carboxylic acids is 1. The Morgan fingerprint density at radius 3 is 2.52 bits per heavy atom. The number of nitrogens with one attached hydrogen (secondary N) is 1. The highest BCUT2D eigenvalue weighted by Crippen LogP contribution is 2.17. The minimum atomic E-state index is -0.476. The maximum atomic E-state index is 11.9. The van der Waals surface area contributed by atoms with Crippen LogP contribution < -0.4 is 15.8 Å². The zero-order valence-corrected chi connectivity index (χ0v) is 14.0. The summed E-state index contributed by atoms with van der Waals surface area (Å²) in [5.41, 5.74) is 7.68. The van der Waals surface area contributed by atoms with Gasteiger partial charge < -0.3 is 15.8 Å². The maximum Gasteiger partial charge on any atom is 0.241 e. The quantitative estimate of drug-likeness (QED) is 0.779. The van der Waals surface area contributed by atoms with Gasteiger partial charge in [0.15, 0.2) is 0 Å². The second-order valence-electron chi connectivity index (χ2n) is 5.18. The van der Waals surface area contributed by atoms with Crippen molar-refractivity contribution in [3.8, 4) is 5.75 Å². The van der Waals surface area contributed by atoms with Crippen molar-refractivity contribution in [1.82, 2.24) is 0 Å². The van der Waals surface area contributed by atoms with E-state index in [1.807, 2.05) is 60.9 Å². The standard InChI is InChI=1S/C18H22N2O2S/c1-23-12-11-17(19)18(21)20-15-7-9-16(10-8-15)22-13-14-5-3-2-4-6-14/h2-10,17H,11-13,19H2,1H3,(H,20,21)/t17-/m0/s1. The van der Waals surface area contributed by atoms with Crippen LogP contribution in [0.25, 0.3) is 0 Å². The molecule has 122 valence electrons. The lowest BCUT2D eigenvalue weighted by Gasteiger charge is -2.12. The van der Waals surface area contributed by atoms with Crippen LogP contribution in [-0.4, -0.2) is 24.0 Å². The van der Waals surface area contributed by atoms with E-state index >= 15 is 0 Å². The largest absolute Gasteiger partial charge is 0.489 e. The molecule has 3 N–H and O–H groups in total. The first-order valence-corrected chi connectivity index (χ1v) is 8.90. The molecule has 0 unspecified atom stereocenters. The van der Waals surface area contributed by atoms with Crippen LogP contribution >= 0.6 is 11.8 Å². The van der Waals surface area contributed by atoms with E-state index in [0.717, 1.165) is 22.8 Å². The number of amides is 1. The Labute approximate surface area is 141 Å². The topological polar surface area (TPSA) is 64.4 Å². The number of benzene rings is 2. The zero-order chi connectivity index (χ0) is 16.5. The molecule has 0 saturated heterocycles. The molecule has 0 aliphatic carbocycles. The Bertz CT molecular complexity index is 602. The van der Waals surface area contributed by atoms with E-state index in [0.29, 0.717) is 13.0 Å². The van der Waals surface area contributed by atoms with Crippen molar-refractivity contribution in [3.63, 3.8) is 0 Å². The number of nitrogens with two attached hydrogens (primary N) is 1. The van der Waals surface area contributed by atoms with Crippen molar-refractivity contribution in [1.29, 1.82) is 0 Å². The van der Waals surface area contributed by atoms with Gasteiger partial charge in [0.05, 0.1) is 6.04 Å². The van der Waals surface area contributed by atoms with Crippen LogP contribution in [0.15, 0.2) is 54.6 Å². The molecule has 2 aromatic rings. The normalized spacial score (nSPS) is 11.7. The highest BCUT2D eigenvalue weighted by molar-refractivity contribution is 7.98. The molecular weight excluding hydrogens is 308 g/mol. The second-order valence-corrected chi connectivity index (χ2v) is 6.16. The Morgan fingerprint density at radius 1 is 1.17 bits per heavy atom. The summed E-state index contributed by atoms with van der Waals surface area (Å²) in [7, 11) is 0. The Kier molecular flexibility index (Phi) is 6.97. The average molecular weight is 330 g/mol. The van der Waals surface area contributed by atoms with Gasteiger partial charge in [-0.1, -0.05) is 30.3 Å². The predicted octanol–water partition coefficient (Wildman–Crippen LogP) is 3.28. The molecule has 2 rings (SSSR count). The van der Waals surface area contributed by atoms with E-state index in [1.165, 1.54) is 0 Å². The van der Waals surface area contributed by atoms with Crippen LogP contribution in [0.4, 0.5) is 5.69 Å². The van der Waals surface area contributed by atoms with E-state index in [1.54, 1.807) is 11.8 Å². The van der Waals surface area contributed by atoms with E-state index in [2.05, 4.69) is 5.32 Å². The molecule has 0 heterocycles. The van der Waals surface area contributed by atoms with Gasteiger partial charge in [0.25, 0.3) is 0 Å². The van der Waals surface area contributed by atoms with E-state index in [9.17, 15) is 4.79 Å². The Morgan fingerprint density at radius 2 is 1.87 bits per heavy atom. The minimum Gasteiger partial charge on any atom is -0.489 e. The van der Waals surface area contributed by atoms with Crippen LogP contribution in [0.1, 0.15) is 12.0 Å². The number of hydrogen-bond donors (Lipinski definition) is 2. The number of rotatable bonds is 8. The van der Waals surface area contributed by atoms with Gasteiger partial charge in [-0.15, -0.1) is 0 Å². The summed E-state index contributed by atoms with van der Waals surface area (Å²) in [5, 5.41) is 2.82. The summed E-state index contributed by atoms with van der Waals surface area (Å²) in [6.07, 6.45) is 2.67. The summed E-state index contributed by atoms with van der Waals surface area (Å²) >= 11 is 1.68. The first-order chi connectivity index (χ1) is 11.2. The third kappa shape index (κ3) is 5.96.